The summed E-state index contributed by atoms with van der Waals surface area (Å²) in [6.45, 7) is 3.69. The van der Waals surface area contributed by atoms with Crippen LogP contribution in [-0.2, 0) is 9.59 Å². The highest BCUT2D eigenvalue weighted by Gasteiger charge is 2.17. The van der Waals surface area contributed by atoms with Gasteiger partial charge < -0.3 is 15.0 Å². The molecule has 2 heterocycles. The number of methoxy groups -OCH3 is 1. The van der Waals surface area contributed by atoms with Crippen LogP contribution in [0.3, 0.4) is 0 Å². The van der Waals surface area contributed by atoms with Crippen LogP contribution in [-0.4, -0.2) is 62.9 Å². The number of likely N-dealkylation sites (N-methyl/N-ethyl adjacent to an activating group) is 1. The van der Waals surface area contributed by atoms with E-state index >= 15 is 0 Å². The molecule has 9 nitrogen and oxygen atoms in total. The van der Waals surface area contributed by atoms with E-state index in [-0.39, 0.29) is 24.1 Å². The maximum absolute atomic E-state index is 12.5. The van der Waals surface area contributed by atoms with E-state index in [2.05, 4.69) is 20.5 Å². The minimum atomic E-state index is -0.309. The van der Waals surface area contributed by atoms with Crippen molar-refractivity contribution in [2.75, 3.05) is 31.8 Å². The van der Waals surface area contributed by atoms with E-state index in [1.165, 1.54) is 16.7 Å². The number of nitrogens with one attached hydrogen (secondary N) is 1. The van der Waals surface area contributed by atoms with E-state index in [0.717, 1.165) is 17.0 Å². The number of aryl methyl sites for hydroxylation is 2. The van der Waals surface area contributed by atoms with Gasteiger partial charge >= 0.3 is 0 Å². The van der Waals surface area contributed by atoms with E-state index in [0.29, 0.717) is 16.8 Å². The van der Waals surface area contributed by atoms with Gasteiger partial charge in [0.05, 0.1) is 19.4 Å². The third kappa shape index (κ3) is 5.82. The number of pyridine rings is 1. The van der Waals surface area contributed by atoms with Gasteiger partial charge in [-0.15, -0.1) is 10.2 Å². The highest BCUT2D eigenvalue weighted by molar-refractivity contribution is 7.99. The molecule has 1 aromatic carbocycles. The van der Waals surface area contributed by atoms with Crippen LogP contribution in [0.15, 0.2) is 47.8 Å². The van der Waals surface area contributed by atoms with E-state index < -0.39 is 0 Å². The number of amides is 2. The van der Waals surface area contributed by atoms with Crippen LogP contribution < -0.4 is 10.1 Å². The quantitative estimate of drug-likeness (QED) is 0.537. The van der Waals surface area contributed by atoms with Gasteiger partial charge in [0.15, 0.2) is 5.16 Å². The van der Waals surface area contributed by atoms with Gasteiger partial charge in [-0.1, -0.05) is 11.8 Å². The summed E-state index contributed by atoms with van der Waals surface area (Å²) in [4.78, 5) is 30.2. The van der Waals surface area contributed by atoms with Crippen LogP contribution in [0.2, 0.25) is 0 Å². The van der Waals surface area contributed by atoms with E-state index in [4.69, 9.17) is 4.74 Å². The summed E-state index contributed by atoms with van der Waals surface area (Å²) in [5, 5.41) is 11.6. The summed E-state index contributed by atoms with van der Waals surface area (Å²) in [7, 11) is 3.20. The number of hydrogen-bond donors (Lipinski definition) is 1. The summed E-state index contributed by atoms with van der Waals surface area (Å²) in [5.41, 5.74) is 1.86. The highest BCUT2D eigenvalue weighted by Crippen LogP contribution is 2.23. The van der Waals surface area contributed by atoms with Crippen molar-refractivity contribution in [3.05, 3.63) is 54.0 Å². The number of anilines is 1. The second-order valence-corrected chi connectivity index (χ2v) is 7.81. The lowest BCUT2D eigenvalue weighted by Gasteiger charge is -2.16. The van der Waals surface area contributed by atoms with Crippen LogP contribution in [0, 0.1) is 13.8 Å². The molecular weight excluding hydrogens is 416 g/mol. The molecule has 0 spiro atoms. The molecule has 162 valence electrons. The van der Waals surface area contributed by atoms with Gasteiger partial charge in [0, 0.05) is 18.9 Å². The van der Waals surface area contributed by atoms with Gasteiger partial charge in [0.25, 0.3) is 0 Å². The standard InChI is InChI=1S/C21H24N6O3S/c1-14-9-10-22-18(11-14)23-19(28)12-26(3)20(29)13-31-21-25-24-15(2)27(21)16-5-7-17(30-4)8-6-16/h5-11H,12-13H2,1-4H3,(H,22,23,28). The Balaban J connectivity index is 1.58. The normalized spacial score (nSPS) is 10.6. The number of thioether (sulfide) groups is 1. The zero-order chi connectivity index (χ0) is 22.4. The Bertz CT molecular complexity index is 1070. The van der Waals surface area contributed by atoms with Crippen molar-refractivity contribution in [2.45, 2.75) is 19.0 Å². The van der Waals surface area contributed by atoms with E-state index in [1.54, 1.807) is 26.4 Å². The molecule has 0 aliphatic carbocycles. The highest BCUT2D eigenvalue weighted by atomic mass is 32.2. The van der Waals surface area contributed by atoms with Crippen LogP contribution in [0.1, 0.15) is 11.4 Å². The molecule has 31 heavy (non-hydrogen) atoms. The maximum atomic E-state index is 12.5. The van der Waals surface area contributed by atoms with Gasteiger partial charge in [0.1, 0.15) is 17.4 Å². The minimum Gasteiger partial charge on any atom is -0.497 e. The van der Waals surface area contributed by atoms with Gasteiger partial charge in [0.2, 0.25) is 11.8 Å². The number of benzene rings is 1. The zero-order valence-electron chi connectivity index (χ0n) is 17.8. The molecule has 0 saturated heterocycles. The SMILES string of the molecule is COc1ccc(-n2c(C)nnc2SCC(=O)N(C)CC(=O)Nc2cc(C)ccn2)cc1. The Kier molecular flexibility index (Phi) is 7.24. The number of carbonyl (C=O) groups excluding carboxylic acids is 2. The third-order valence-corrected chi connectivity index (χ3v) is 5.35. The predicted molar refractivity (Wildman–Crippen MR) is 119 cm³/mol. The molecule has 0 atom stereocenters. The smallest absolute Gasteiger partial charge is 0.245 e. The van der Waals surface area contributed by atoms with Crippen molar-refractivity contribution in [1.82, 2.24) is 24.6 Å². The largest absolute Gasteiger partial charge is 0.497 e. The van der Waals surface area contributed by atoms with Gasteiger partial charge in [-0.25, -0.2) is 4.98 Å². The summed E-state index contributed by atoms with van der Waals surface area (Å²) >= 11 is 1.26. The van der Waals surface area contributed by atoms with Crippen molar-refractivity contribution in [2.24, 2.45) is 0 Å². The van der Waals surface area contributed by atoms with E-state index in [9.17, 15) is 9.59 Å². The van der Waals surface area contributed by atoms with Gasteiger partial charge in [-0.05, 0) is 55.8 Å². The molecule has 0 bridgehead atoms. The lowest BCUT2D eigenvalue weighted by Crippen LogP contribution is -2.36. The number of ether oxygens (including phenoxy) is 1. The number of rotatable bonds is 8. The van der Waals surface area contributed by atoms with Crippen molar-refractivity contribution in [3.63, 3.8) is 0 Å². The van der Waals surface area contributed by atoms with Crippen molar-refractivity contribution in [1.29, 1.82) is 0 Å². The van der Waals surface area contributed by atoms with Crippen LogP contribution in [0.25, 0.3) is 5.69 Å². The third-order valence-electron chi connectivity index (χ3n) is 4.44. The molecule has 0 unspecified atom stereocenters. The summed E-state index contributed by atoms with van der Waals surface area (Å²) in [5.74, 6) is 1.54. The number of nitrogens with zero attached hydrogens (tertiary/aromatic N) is 5. The Morgan fingerprint density at radius 1 is 1.16 bits per heavy atom. The Morgan fingerprint density at radius 2 is 1.90 bits per heavy atom. The van der Waals surface area contributed by atoms with Crippen molar-refractivity contribution >= 4 is 29.4 Å². The topological polar surface area (TPSA) is 102 Å². The summed E-state index contributed by atoms with van der Waals surface area (Å²) < 4.78 is 7.06. The molecule has 0 radical (unpaired) electrons. The van der Waals surface area contributed by atoms with Gasteiger partial charge in [-0.2, -0.15) is 0 Å². The molecule has 3 rings (SSSR count). The second-order valence-electron chi connectivity index (χ2n) is 6.87. The second kappa shape index (κ2) is 10.1. The molecule has 1 N–H and O–H groups in total. The average Bonchev–Trinajstić information content (AvgIpc) is 3.12. The molecule has 2 aromatic heterocycles. The predicted octanol–water partition coefficient (Wildman–Crippen LogP) is 2.48. The fraction of sp³-hybridized carbons (Fsp3) is 0.286. The number of carbonyl (C=O) groups is 2. The lowest BCUT2D eigenvalue weighted by atomic mass is 10.3. The molecule has 0 saturated carbocycles. The van der Waals surface area contributed by atoms with E-state index in [1.807, 2.05) is 48.7 Å². The fourth-order valence-electron chi connectivity index (χ4n) is 2.79. The van der Waals surface area contributed by atoms with Crippen LogP contribution in [0.4, 0.5) is 5.82 Å². The molecular formula is C21H24N6O3S. The number of aromatic nitrogens is 4. The Hall–Kier alpha value is -3.40. The first-order chi connectivity index (χ1) is 14.9. The molecule has 0 fully saturated rings. The molecule has 0 aliphatic rings. The number of hydrogen-bond acceptors (Lipinski definition) is 7. The first kappa shape index (κ1) is 22.3. The zero-order valence-corrected chi connectivity index (χ0v) is 18.6. The molecule has 0 aliphatic heterocycles. The molecule has 2 amide bonds. The van der Waals surface area contributed by atoms with Crippen LogP contribution in [0.5, 0.6) is 5.75 Å². The summed E-state index contributed by atoms with van der Waals surface area (Å²) in [6, 6.07) is 11.1. The van der Waals surface area contributed by atoms with Crippen molar-refractivity contribution < 1.29 is 14.3 Å². The molecule has 3 aromatic rings. The maximum Gasteiger partial charge on any atom is 0.245 e. The van der Waals surface area contributed by atoms with Crippen LogP contribution >= 0.6 is 11.8 Å². The monoisotopic (exact) mass is 440 g/mol. The van der Waals surface area contributed by atoms with Gasteiger partial charge in [-0.3, -0.25) is 14.2 Å². The van der Waals surface area contributed by atoms with Crippen molar-refractivity contribution in [3.8, 4) is 11.4 Å². The molecule has 10 heteroatoms. The lowest BCUT2D eigenvalue weighted by molar-refractivity contribution is -0.131. The first-order valence-corrected chi connectivity index (χ1v) is 10.5. The minimum absolute atomic E-state index is 0.0702. The Labute approximate surface area is 184 Å². The fourth-order valence-corrected chi connectivity index (χ4v) is 3.73. The Morgan fingerprint density at radius 3 is 2.58 bits per heavy atom. The first-order valence-electron chi connectivity index (χ1n) is 9.53. The summed E-state index contributed by atoms with van der Waals surface area (Å²) in [6.07, 6.45) is 1.62. The average molecular weight is 441 g/mol.